The molecule has 1 atom stereocenters. The van der Waals surface area contributed by atoms with Gasteiger partial charge in [0.2, 0.25) is 0 Å². The first kappa shape index (κ1) is 18.4. The molecule has 0 saturated heterocycles. The van der Waals surface area contributed by atoms with E-state index in [2.05, 4.69) is 36.2 Å². The lowest BCUT2D eigenvalue weighted by atomic mass is 9.88. The van der Waals surface area contributed by atoms with E-state index in [9.17, 15) is 0 Å². The second kappa shape index (κ2) is 7.87. The van der Waals surface area contributed by atoms with Crippen LogP contribution in [0.2, 0.25) is 0 Å². The van der Waals surface area contributed by atoms with Crippen molar-refractivity contribution in [1.82, 2.24) is 4.90 Å². The molecule has 5 heteroatoms. The maximum absolute atomic E-state index is 5.53. The topological polar surface area (TPSA) is 40.2 Å². The Balaban J connectivity index is 1.99. The number of methoxy groups -OCH3 is 4. The van der Waals surface area contributed by atoms with E-state index in [1.165, 1.54) is 16.7 Å². The Bertz CT molecular complexity index is 753. The normalized spacial score (nSPS) is 16.7. The summed E-state index contributed by atoms with van der Waals surface area (Å²) in [6.45, 7) is 1.01. The fourth-order valence-electron chi connectivity index (χ4n) is 3.63. The van der Waals surface area contributed by atoms with Crippen LogP contribution >= 0.6 is 0 Å². The Hall–Kier alpha value is -2.40. The van der Waals surface area contributed by atoms with E-state index in [1.54, 1.807) is 28.4 Å². The lowest BCUT2D eigenvalue weighted by molar-refractivity contribution is 0.227. The minimum atomic E-state index is 0.260. The number of benzene rings is 2. The number of rotatable bonds is 6. The van der Waals surface area contributed by atoms with Gasteiger partial charge in [0.25, 0.3) is 0 Å². The molecule has 1 aliphatic heterocycles. The molecule has 0 bridgehead atoms. The molecule has 0 saturated carbocycles. The summed E-state index contributed by atoms with van der Waals surface area (Å²) in [5, 5.41) is 0. The monoisotopic (exact) mass is 357 g/mol. The summed E-state index contributed by atoms with van der Waals surface area (Å²) >= 11 is 0. The zero-order valence-corrected chi connectivity index (χ0v) is 16.2. The second-order valence-electron chi connectivity index (χ2n) is 6.58. The molecule has 1 aliphatic rings. The number of hydrogen-bond acceptors (Lipinski definition) is 5. The third-order valence-electron chi connectivity index (χ3n) is 5.11. The highest BCUT2D eigenvalue weighted by molar-refractivity contribution is 5.50. The molecule has 0 radical (unpaired) electrons. The van der Waals surface area contributed by atoms with E-state index in [-0.39, 0.29) is 6.04 Å². The van der Waals surface area contributed by atoms with Crippen LogP contribution in [0, 0.1) is 0 Å². The van der Waals surface area contributed by atoms with Crippen LogP contribution < -0.4 is 18.9 Å². The maximum atomic E-state index is 5.53. The Labute approximate surface area is 155 Å². The van der Waals surface area contributed by atoms with Gasteiger partial charge in [-0.05, 0) is 60.8 Å². The lowest BCUT2D eigenvalue weighted by Gasteiger charge is -2.35. The van der Waals surface area contributed by atoms with Crippen molar-refractivity contribution in [2.75, 3.05) is 42.0 Å². The number of likely N-dealkylation sites (N-methyl/N-ethyl adjacent to an activating group) is 1. The minimum absolute atomic E-state index is 0.260. The fraction of sp³-hybridized carbons (Fsp3) is 0.429. The third kappa shape index (κ3) is 3.58. The predicted octanol–water partition coefficient (Wildman–Crippen LogP) is 3.49. The smallest absolute Gasteiger partial charge is 0.161 e. The number of hydrogen-bond donors (Lipinski definition) is 0. The second-order valence-corrected chi connectivity index (χ2v) is 6.58. The van der Waals surface area contributed by atoms with Crippen molar-refractivity contribution < 1.29 is 18.9 Å². The van der Waals surface area contributed by atoms with E-state index in [4.69, 9.17) is 18.9 Å². The van der Waals surface area contributed by atoms with Gasteiger partial charge in [-0.1, -0.05) is 0 Å². The van der Waals surface area contributed by atoms with E-state index in [0.29, 0.717) is 0 Å². The summed E-state index contributed by atoms with van der Waals surface area (Å²) in [5.41, 5.74) is 3.79. The summed E-state index contributed by atoms with van der Waals surface area (Å²) in [4.78, 5) is 2.39. The van der Waals surface area contributed by atoms with Crippen LogP contribution in [0.15, 0.2) is 30.3 Å². The molecule has 2 aromatic rings. The highest BCUT2D eigenvalue weighted by Gasteiger charge is 2.27. The minimum Gasteiger partial charge on any atom is -0.497 e. The van der Waals surface area contributed by atoms with E-state index < -0.39 is 0 Å². The molecule has 26 heavy (non-hydrogen) atoms. The molecule has 5 nitrogen and oxygen atoms in total. The van der Waals surface area contributed by atoms with Crippen LogP contribution in [0.4, 0.5) is 0 Å². The molecular formula is C21H27NO4. The molecule has 2 aromatic carbocycles. The summed E-state index contributed by atoms with van der Waals surface area (Å²) < 4.78 is 21.8. The van der Waals surface area contributed by atoms with E-state index >= 15 is 0 Å². The van der Waals surface area contributed by atoms with Crippen LogP contribution in [-0.4, -0.2) is 46.9 Å². The van der Waals surface area contributed by atoms with Gasteiger partial charge in [0.15, 0.2) is 11.5 Å². The van der Waals surface area contributed by atoms with E-state index in [1.807, 2.05) is 6.07 Å². The number of ether oxygens (including phenoxy) is 4. The quantitative estimate of drug-likeness (QED) is 0.791. The van der Waals surface area contributed by atoms with Crippen molar-refractivity contribution in [1.29, 1.82) is 0 Å². The van der Waals surface area contributed by atoms with Gasteiger partial charge in [-0.15, -0.1) is 0 Å². The van der Waals surface area contributed by atoms with Crippen molar-refractivity contribution in [2.45, 2.75) is 18.9 Å². The molecule has 1 heterocycles. The zero-order chi connectivity index (χ0) is 18.7. The molecule has 3 rings (SSSR count). The van der Waals surface area contributed by atoms with Crippen LogP contribution in [0.1, 0.15) is 22.7 Å². The van der Waals surface area contributed by atoms with Crippen LogP contribution in [-0.2, 0) is 12.8 Å². The summed E-state index contributed by atoms with van der Waals surface area (Å²) in [6, 6.07) is 10.5. The van der Waals surface area contributed by atoms with Gasteiger partial charge in [-0.25, -0.2) is 0 Å². The fourth-order valence-corrected chi connectivity index (χ4v) is 3.63. The first-order valence-corrected chi connectivity index (χ1v) is 8.76. The Morgan fingerprint density at radius 2 is 1.46 bits per heavy atom. The summed E-state index contributed by atoms with van der Waals surface area (Å²) in [7, 11) is 8.88. The number of fused-ring (bicyclic) bond motifs is 1. The van der Waals surface area contributed by atoms with Crippen LogP contribution in [0.3, 0.4) is 0 Å². The van der Waals surface area contributed by atoms with Gasteiger partial charge in [0.05, 0.1) is 28.4 Å². The van der Waals surface area contributed by atoms with Crippen molar-refractivity contribution >= 4 is 0 Å². The molecule has 1 unspecified atom stereocenters. The first-order chi connectivity index (χ1) is 12.6. The van der Waals surface area contributed by atoms with Crippen molar-refractivity contribution in [3.8, 4) is 23.0 Å². The van der Waals surface area contributed by atoms with Gasteiger partial charge >= 0.3 is 0 Å². The standard InChI is InChI=1S/C21H27NO4/c1-22-7-6-15-11-20(25-4)21(26-5)13-18(15)19(22)10-14-8-16(23-2)12-17(9-14)24-3/h8-9,11-13,19H,6-7,10H2,1-5H3. The molecule has 140 valence electrons. The SMILES string of the molecule is COc1cc(CC2c3cc(OC)c(OC)cc3CCN2C)cc(OC)c1. The molecule has 0 N–H and O–H groups in total. The van der Waals surface area contributed by atoms with Gasteiger partial charge in [-0.3, -0.25) is 4.90 Å². The van der Waals surface area contributed by atoms with Gasteiger partial charge in [0.1, 0.15) is 11.5 Å². The highest BCUT2D eigenvalue weighted by atomic mass is 16.5. The molecule has 0 aromatic heterocycles. The molecule has 0 fully saturated rings. The summed E-state index contributed by atoms with van der Waals surface area (Å²) in [5.74, 6) is 3.18. The van der Waals surface area contributed by atoms with Crippen molar-refractivity contribution in [3.05, 3.63) is 47.0 Å². The highest BCUT2D eigenvalue weighted by Crippen LogP contribution is 2.39. The molecular weight excluding hydrogens is 330 g/mol. The molecule has 0 amide bonds. The van der Waals surface area contributed by atoms with Crippen molar-refractivity contribution in [3.63, 3.8) is 0 Å². The lowest BCUT2D eigenvalue weighted by Crippen LogP contribution is -2.33. The van der Waals surface area contributed by atoms with Gasteiger partial charge < -0.3 is 18.9 Å². The Kier molecular flexibility index (Phi) is 5.57. The largest absolute Gasteiger partial charge is 0.497 e. The van der Waals surface area contributed by atoms with Gasteiger partial charge in [0, 0.05) is 18.7 Å². The van der Waals surface area contributed by atoms with Gasteiger partial charge in [-0.2, -0.15) is 0 Å². The average molecular weight is 357 g/mol. The molecule has 0 aliphatic carbocycles. The van der Waals surface area contributed by atoms with E-state index in [0.717, 1.165) is 42.4 Å². The maximum Gasteiger partial charge on any atom is 0.161 e. The van der Waals surface area contributed by atoms with Crippen LogP contribution in [0.5, 0.6) is 23.0 Å². The van der Waals surface area contributed by atoms with Crippen molar-refractivity contribution in [2.24, 2.45) is 0 Å². The zero-order valence-electron chi connectivity index (χ0n) is 16.2. The number of nitrogens with zero attached hydrogens (tertiary/aromatic N) is 1. The van der Waals surface area contributed by atoms with Crippen LogP contribution in [0.25, 0.3) is 0 Å². The predicted molar refractivity (Wildman–Crippen MR) is 102 cm³/mol. The first-order valence-electron chi connectivity index (χ1n) is 8.76. The average Bonchev–Trinajstić information content (AvgIpc) is 2.68. The Morgan fingerprint density at radius 1 is 0.846 bits per heavy atom. The third-order valence-corrected chi connectivity index (χ3v) is 5.11. The molecule has 0 spiro atoms. The Morgan fingerprint density at radius 3 is 2.04 bits per heavy atom. The summed E-state index contributed by atoms with van der Waals surface area (Å²) in [6.07, 6.45) is 1.87.